The molecule has 2 amide bonds. The van der Waals surface area contributed by atoms with Crippen LogP contribution in [-0.4, -0.2) is 41.1 Å². The van der Waals surface area contributed by atoms with E-state index in [4.69, 9.17) is 10.8 Å². The van der Waals surface area contributed by atoms with Crippen molar-refractivity contribution in [1.29, 1.82) is 0 Å². The Labute approximate surface area is 117 Å². The molecule has 1 fully saturated rings. The Morgan fingerprint density at radius 2 is 2.00 bits per heavy atom. The van der Waals surface area contributed by atoms with Gasteiger partial charge in [-0.1, -0.05) is 6.07 Å². The van der Waals surface area contributed by atoms with Gasteiger partial charge in [0, 0.05) is 24.8 Å². The Balaban J connectivity index is 2.03. The highest BCUT2D eigenvalue weighted by Crippen LogP contribution is 2.22. The van der Waals surface area contributed by atoms with Gasteiger partial charge in [0.05, 0.1) is 5.56 Å². The first-order valence-electron chi connectivity index (χ1n) is 6.63. The van der Waals surface area contributed by atoms with E-state index in [1.807, 2.05) is 6.07 Å². The van der Waals surface area contributed by atoms with E-state index in [9.17, 15) is 9.59 Å². The molecule has 1 saturated heterocycles. The minimum atomic E-state index is -0.922. The number of piperidine rings is 1. The van der Waals surface area contributed by atoms with Gasteiger partial charge in [-0.3, -0.25) is 0 Å². The Morgan fingerprint density at radius 3 is 2.55 bits per heavy atom. The number of nitrogens with one attached hydrogen (secondary N) is 1. The number of rotatable bonds is 3. The van der Waals surface area contributed by atoms with E-state index in [1.54, 1.807) is 24.0 Å². The summed E-state index contributed by atoms with van der Waals surface area (Å²) in [5.74, 6) is -0.922. The molecular weight excluding hydrogens is 258 g/mol. The van der Waals surface area contributed by atoms with Crippen LogP contribution in [0.25, 0.3) is 0 Å². The molecule has 1 aromatic carbocycles. The highest BCUT2D eigenvalue weighted by Gasteiger charge is 2.21. The van der Waals surface area contributed by atoms with Crippen LogP contribution in [0, 0.1) is 6.92 Å². The number of nitrogens with two attached hydrogens (primary N) is 1. The van der Waals surface area contributed by atoms with Gasteiger partial charge in [-0.25, -0.2) is 9.59 Å². The van der Waals surface area contributed by atoms with Crippen molar-refractivity contribution in [2.24, 2.45) is 5.73 Å². The van der Waals surface area contributed by atoms with Gasteiger partial charge in [0.1, 0.15) is 0 Å². The summed E-state index contributed by atoms with van der Waals surface area (Å²) in [7, 11) is 0. The number of benzene rings is 1. The largest absolute Gasteiger partial charge is 0.478 e. The van der Waals surface area contributed by atoms with Crippen molar-refractivity contribution in [3.8, 4) is 0 Å². The van der Waals surface area contributed by atoms with E-state index < -0.39 is 5.97 Å². The Bertz CT molecular complexity index is 522. The first-order valence-corrected chi connectivity index (χ1v) is 6.63. The Kier molecular flexibility index (Phi) is 4.12. The lowest BCUT2D eigenvalue weighted by atomic mass is 10.0. The van der Waals surface area contributed by atoms with Gasteiger partial charge < -0.3 is 21.1 Å². The molecule has 0 saturated carbocycles. The molecule has 0 atom stereocenters. The first-order chi connectivity index (χ1) is 9.49. The highest BCUT2D eigenvalue weighted by molar-refractivity contribution is 5.91. The molecular formula is C14H19N3O3. The number of carboxylic acids is 1. The van der Waals surface area contributed by atoms with Crippen molar-refractivity contribution >= 4 is 17.7 Å². The number of carbonyl (C=O) groups is 2. The van der Waals surface area contributed by atoms with Crippen LogP contribution in [0.2, 0.25) is 0 Å². The summed E-state index contributed by atoms with van der Waals surface area (Å²) in [4.78, 5) is 23.8. The second-order valence-corrected chi connectivity index (χ2v) is 5.03. The number of amides is 2. The lowest BCUT2D eigenvalue weighted by Gasteiger charge is -2.32. The molecule has 0 spiro atoms. The number of aromatic carboxylic acids is 1. The summed E-state index contributed by atoms with van der Waals surface area (Å²) in [5, 5.41) is 12.5. The number of carbonyl (C=O) groups excluding carboxylic acids is 1. The molecule has 1 aliphatic rings. The fraction of sp³-hybridized carbons (Fsp3) is 0.429. The van der Waals surface area contributed by atoms with Crippen LogP contribution in [0.3, 0.4) is 0 Å². The van der Waals surface area contributed by atoms with Gasteiger partial charge in [0.15, 0.2) is 0 Å². The summed E-state index contributed by atoms with van der Waals surface area (Å²) in [5.41, 5.74) is 7.12. The molecule has 0 unspecified atom stereocenters. The van der Waals surface area contributed by atoms with E-state index in [2.05, 4.69) is 5.32 Å². The quantitative estimate of drug-likeness (QED) is 0.782. The summed E-state index contributed by atoms with van der Waals surface area (Å²) < 4.78 is 0. The molecule has 0 radical (unpaired) electrons. The highest BCUT2D eigenvalue weighted by atomic mass is 16.4. The van der Waals surface area contributed by atoms with Gasteiger partial charge in [0.25, 0.3) is 0 Å². The molecule has 6 nitrogen and oxygen atoms in total. The SMILES string of the molecule is Cc1c(NC2CCN(C(N)=O)CC2)cccc1C(=O)O. The molecule has 0 aliphatic carbocycles. The third kappa shape index (κ3) is 3.01. The summed E-state index contributed by atoms with van der Waals surface area (Å²) in [6, 6.07) is 5.05. The number of anilines is 1. The third-order valence-corrected chi connectivity index (χ3v) is 3.73. The van der Waals surface area contributed by atoms with Crippen molar-refractivity contribution in [3.05, 3.63) is 29.3 Å². The number of primary amides is 1. The van der Waals surface area contributed by atoms with E-state index in [0.717, 1.165) is 24.1 Å². The zero-order valence-electron chi connectivity index (χ0n) is 11.4. The normalized spacial score (nSPS) is 15.9. The van der Waals surface area contributed by atoms with Gasteiger partial charge in [-0.05, 0) is 37.5 Å². The van der Waals surface area contributed by atoms with Gasteiger partial charge >= 0.3 is 12.0 Å². The van der Waals surface area contributed by atoms with Crippen molar-refractivity contribution in [2.75, 3.05) is 18.4 Å². The van der Waals surface area contributed by atoms with Gasteiger partial charge in [-0.2, -0.15) is 0 Å². The second kappa shape index (κ2) is 5.81. The van der Waals surface area contributed by atoms with Crippen molar-refractivity contribution in [3.63, 3.8) is 0 Å². The fourth-order valence-electron chi connectivity index (χ4n) is 2.49. The minimum absolute atomic E-state index is 0.230. The van der Waals surface area contributed by atoms with E-state index >= 15 is 0 Å². The third-order valence-electron chi connectivity index (χ3n) is 3.73. The van der Waals surface area contributed by atoms with Crippen LogP contribution in [-0.2, 0) is 0 Å². The number of likely N-dealkylation sites (tertiary alicyclic amines) is 1. The zero-order valence-corrected chi connectivity index (χ0v) is 11.4. The van der Waals surface area contributed by atoms with Crippen LogP contribution >= 0.6 is 0 Å². The molecule has 1 aromatic rings. The fourth-order valence-corrected chi connectivity index (χ4v) is 2.49. The molecule has 20 heavy (non-hydrogen) atoms. The molecule has 0 aromatic heterocycles. The molecule has 1 heterocycles. The van der Waals surface area contributed by atoms with E-state index in [0.29, 0.717) is 18.7 Å². The number of hydrogen-bond donors (Lipinski definition) is 3. The average molecular weight is 277 g/mol. The number of carboxylic acid groups (broad SMARTS) is 1. The monoisotopic (exact) mass is 277 g/mol. The van der Waals surface area contributed by atoms with Crippen LogP contribution in [0.4, 0.5) is 10.5 Å². The molecule has 4 N–H and O–H groups in total. The lowest BCUT2D eigenvalue weighted by molar-refractivity contribution is 0.0696. The summed E-state index contributed by atoms with van der Waals surface area (Å²) in [6.45, 7) is 3.06. The Morgan fingerprint density at radius 1 is 1.35 bits per heavy atom. The van der Waals surface area contributed by atoms with E-state index in [1.165, 1.54) is 0 Å². The van der Waals surface area contributed by atoms with Crippen molar-refractivity contribution in [2.45, 2.75) is 25.8 Å². The standard InChI is InChI=1S/C14H19N3O3/c1-9-11(13(18)19)3-2-4-12(9)16-10-5-7-17(8-6-10)14(15)20/h2-4,10,16H,5-8H2,1H3,(H2,15,20)(H,18,19). The van der Waals surface area contributed by atoms with Crippen LogP contribution in [0.5, 0.6) is 0 Å². The topological polar surface area (TPSA) is 95.7 Å². The minimum Gasteiger partial charge on any atom is -0.478 e. The summed E-state index contributed by atoms with van der Waals surface area (Å²) >= 11 is 0. The number of hydrogen-bond acceptors (Lipinski definition) is 3. The Hall–Kier alpha value is -2.24. The maximum absolute atomic E-state index is 11.1. The van der Waals surface area contributed by atoms with Gasteiger partial charge in [0.2, 0.25) is 0 Å². The number of nitrogens with zero attached hydrogens (tertiary/aromatic N) is 1. The smallest absolute Gasteiger partial charge is 0.336 e. The van der Waals surface area contributed by atoms with Crippen LogP contribution in [0.1, 0.15) is 28.8 Å². The zero-order chi connectivity index (χ0) is 14.7. The maximum atomic E-state index is 11.1. The predicted octanol–water partition coefficient (Wildman–Crippen LogP) is 1.65. The molecule has 2 rings (SSSR count). The van der Waals surface area contributed by atoms with Crippen LogP contribution in [0.15, 0.2) is 18.2 Å². The van der Waals surface area contributed by atoms with Crippen molar-refractivity contribution in [1.82, 2.24) is 4.90 Å². The molecule has 0 bridgehead atoms. The molecule has 6 heteroatoms. The average Bonchev–Trinajstić information content (AvgIpc) is 2.41. The maximum Gasteiger partial charge on any atom is 0.336 e. The predicted molar refractivity (Wildman–Crippen MR) is 75.9 cm³/mol. The van der Waals surface area contributed by atoms with Crippen molar-refractivity contribution < 1.29 is 14.7 Å². The first kappa shape index (κ1) is 14.2. The summed E-state index contributed by atoms with van der Waals surface area (Å²) in [6.07, 6.45) is 1.61. The lowest BCUT2D eigenvalue weighted by Crippen LogP contribution is -2.44. The molecule has 1 aliphatic heterocycles. The molecule has 108 valence electrons. The van der Waals surface area contributed by atoms with Gasteiger partial charge in [-0.15, -0.1) is 0 Å². The second-order valence-electron chi connectivity index (χ2n) is 5.03. The van der Waals surface area contributed by atoms with Crippen LogP contribution < -0.4 is 11.1 Å². The number of urea groups is 1. The van der Waals surface area contributed by atoms with E-state index in [-0.39, 0.29) is 12.1 Å².